The summed E-state index contributed by atoms with van der Waals surface area (Å²) in [4.78, 5) is 16.4. The Morgan fingerprint density at radius 2 is 2.08 bits per heavy atom. The van der Waals surface area contributed by atoms with E-state index in [0.717, 1.165) is 5.69 Å². The second-order valence-electron chi connectivity index (χ2n) is 5.16. The van der Waals surface area contributed by atoms with Gasteiger partial charge in [0.25, 0.3) is 5.91 Å². The predicted octanol–water partition coefficient (Wildman–Crippen LogP) is 2.55. The maximum Gasteiger partial charge on any atom is 0.257 e. The van der Waals surface area contributed by atoms with Gasteiger partial charge >= 0.3 is 0 Å². The molecule has 2 aromatic carbocycles. The van der Waals surface area contributed by atoms with Crippen LogP contribution in [0.4, 0.5) is 5.69 Å². The van der Waals surface area contributed by atoms with E-state index in [1.165, 1.54) is 7.11 Å². The molecule has 24 heavy (non-hydrogen) atoms. The number of nitrogens with one attached hydrogen (secondary N) is 1. The Morgan fingerprint density at radius 3 is 2.83 bits per heavy atom. The van der Waals surface area contributed by atoms with Crippen LogP contribution in [-0.4, -0.2) is 27.7 Å². The molecule has 1 aromatic heterocycles. The van der Waals surface area contributed by atoms with Gasteiger partial charge in [0.2, 0.25) is 0 Å². The summed E-state index contributed by atoms with van der Waals surface area (Å²) in [5, 5.41) is 13.1. The Hall–Kier alpha value is -3.12. The first-order valence-corrected chi connectivity index (χ1v) is 7.39. The number of carbonyl (C=O) groups is 1. The molecule has 1 heterocycles. The van der Waals surface area contributed by atoms with Crippen LogP contribution in [0, 0.1) is 0 Å². The van der Waals surface area contributed by atoms with E-state index in [9.17, 15) is 9.90 Å². The zero-order chi connectivity index (χ0) is 16.9. The number of ether oxygens (including phenoxy) is 1. The highest BCUT2D eigenvalue weighted by molar-refractivity contribution is 5.96. The van der Waals surface area contributed by atoms with E-state index < -0.39 is 12.0 Å². The number of benzene rings is 2. The highest BCUT2D eigenvalue weighted by Gasteiger charge is 2.19. The lowest BCUT2D eigenvalue weighted by Crippen LogP contribution is -2.21. The summed E-state index contributed by atoms with van der Waals surface area (Å²) >= 11 is 0. The summed E-state index contributed by atoms with van der Waals surface area (Å²) < 4.78 is 6.90. The minimum atomic E-state index is -1.30. The molecule has 0 saturated carbocycles. The molecule has 1 amide bonds. The molecule has 3 rings (SSSR count). The molecule has 6 heteroatoms. The van der Waals surface area contributed by atoms with Gasteiger partial charge in [-0.15, -0.1) is 0 Å². The molecule has 0 aliphatic rings. The molecule has 2 N–H and O–H groups in total. The van der Waals surface area contributed by atoms with Crippen LogP contribution in [0.1, 0.15) is 11.7 Å². The summed E-state index contributed by atoms with van der Waals surface area (Å²) in [6.07, 6.45) is 3.78. The Labute approximate surface area is 139 Å². The first-order valence-electron chi connectivity index (χ1n) is 7.39. The van der Waals surface area contributed by atoms with Gasteiger partial charge in [-0.1, -0.05) is 24.3 Å². The average Bonchev–Trinajstić information content (AvgIpc) is 3.16. The van der Waals surface area contributed by atoms with Gasteiger partial charge in [0.05, 0.1) is 24.8 Å². The Balaban J connectivity index is 1.82. The molecule has 0 bridgehead atoms. The molecule has 0 radical (unpaired) electrons. The Morgan fingerprint density at radius 1 is 1.25 bits per heavy atom. The van der Waals surface area contributed by atoms with Crippen molar-refractivity contribution in [2.45, 2.75) is 6.10 Å². The van der Waals surface area contributed by atoms with E-state index in [4.69, 9.17) is 4.74 Å². The van der Waals surface area contributed by atoms with Crippen LogP contribution in [0.15, 0.2) is 67.3 Å². The summed E-state index contributed by atoms with van der Waals surface area (Å²) in [5.74, 6) is 0.0639. The van der Waals surface area contributed by atoms with Crippen molar-refractivity contribution in [3.05, 3.63) is 72.8 Å². The van der Waals surface area contributed by atoms with E-state index in [-0.39, 0.29) is 0 Å². The van der Waals surface area contributed by atoms with Gasteiger partial charge in [-0.25, -0.2) is 4.98 Å². The van der Waals surface area contributed by atoms with Gasteiger partial charge in [0, 0.05) is 12.4 Å². The van der Waals surface area contributed by atoms with Crippen LogP contribution in [0.5, 0.6) is 5.75 Å². The average molecular weight is 323 g/mol. The van der Waals surface area contributed by atoms with Crippen LogP contribution in [0.3, 0.4) is 0 Å². The monoisotopic (exact) mass is 323 g/mol. The molecule has 6 nitrogen and oxygen atoms in total. The molecule has 122 valence electrons. The SMILES string of the molecule is COc1cccc(C(O)C(=O)Nc2ccccc2-n2ccnc2)c1. The van der Waals surface area contributed by atoms with Crippen molar-refractivity contribution in [2.24, 2.45) is 0 Å². The Bertz CT molecular complexity index is 831. The number of hydrogen-bond acceptors (Lipinski definition) is 4. The number of methoxy groups -OCH3 is 1. The van der Waals surface area contributed by atoms with E-state index >= 15 is 0 Å². The third-order valence-corrected chi connectivity index (χ3v) is 3.60. The maximum absolute atomic E-state index is 12.4. The predicted molar refractivity (Wildman–Crippen MR) is 90.1 cm³/mol. The lowest BCUT2D eigenvalue weighted by Gasteiger charge is -2.15. The number of rotatable bonds is 5. The zero-order valence-corrected chi connectivity index (χ0v) is 13.1. The number of aromatic nitrogens is 2. The molecule has 3 aromatic rings. The number of amides is 1. The highest BCUT2D eigenvalue weighted by atomic mass is 16.5. The van der Waals surface area contributed by atoms with Gasteiger partial charge < -0.3 is 19.7 Å². The summed E-state index contributed by atoms with van der Waals surface area (Å²) in [5.41, 5.74) is 1.82. The fraction of sp³-hybridized carbons (Fsp3) is 0.111. The van der Waals surface area contributed by atoms with Gasteiger partial charge in [-0.05, 0) is 29.8 Å². The minimum absolute atomic E-state index is 0.465. The van der Waals surface area contributed by atoms with Crippen molar-refractivity contribution in [2.75, 3.05) is 12.4 Å². The molecule has 0 aliphatic carbocycles. The number of para-hydroxylation sites is 2. The number of aliphatic hydroxyl groups excluding tert-OH is 1. The van der Waals surface area contributed by atoms with Crippen LogP contribution in [0.25, 0.3) is 5.69 Å². The molecule has 0 saturated heterocycles. The van der Waals surface area contributed by atoms with E-state index in [1.54, 1.807) is 53.6 Å². The van der Waals surface area contributed by atoms with Crippen molar-refractivity contribution < 1.29 is 14.6 Å². The number of anilines is 1. The minimum Gasteiger partial charge on any atom is -0.497 e. The number of nitrogens with zero attached hydrogens (tertiary/aromatic N) is 2. The van der Waals surface area contributed by atoms with Crippen molar-refractivity contribution in [3.63, 3.8) is 0 Å². The summed E-state index contributed by atoms with van der Waals surface area (Å²) in [6, 6.07) is 14.1. The molecule has 0 aliphatic heterocycles. The van der Waals surface area contributed by atoms with Gasteiger partial charge in [0.1, 0.15) is 5.75 Å². The lowest BCUT2D eigenvalue weighted by atomic mass is 10.1. The number of imidazole rings is 1. The first kappa shape index (κ1) is 15.8. The van der Waals surface area contributed by atoms with E-state index in [2.05, 4.69) is 10.3 Å². The third kappa shape index (κ3) is 3.28. The topological polar surface area (TPSA) is 76.4 Å². The normalized spacial score (nSPS) is 11.8. The van der Waals surface area contributed by atoms with Gasteiger partial charge in [-0.3, -0.25) is 4.79 Å². The van der Waals surface area contributed by atoms with Crippen LogP contribution >= 0.6 is 0 Å². The zero-order valence-electron chi connectivity index (χ0n) is 13.1. The molecule has 0 spiro atoms. The quantitative estimate of drug-likeness (QED) is 0.756. The van der Waals surface area contributed by atoms with Gasteiger partial charge in [0.15, 0.2) is 6.10 Å². The van der Waals surface area contributed by atoms with Crippen LogP contribution < -0.4 is 10.1 Å². The summed E-state index contributed by atoms with van der Waals surface area (Å²) in [6.45, 7) is 0. The van der Waals surface area contributed by atoms with E-state index in [0.29, 0.717) is 17.0 Å². The number of hydrogen-bond donors (Lipinski definition) is 2. The van der Waals surface area contributed by atoms with Crippen LogP contribution in [-0.2, 0) is 4.79 Å². The van der Waals surface area contributed by atoms with E-state index in [1.807, 2.05) is 18.2 Å². The first-order chi connectivity index (χ1) is 11.7. The largest absolute Gasteiger partial charge is 0.497 e. The fourth-order valence-corrected chi connectivity index (χ4v) is 2.37. The number of aliphatic hydroxyl groups is 1. The molecular formula is C18H17N3O3. The molecule has 0 fully saturated rings. The fourth-order valence-electron chi connectivity index (χ4n) is 2.37. The number of carbonyl (C=O) groups excluding carboxylic acids is 1. The smallest absolute Gasteiger partial charge is 0.257 e. The standard InChI is InChI=1S/C18H17N3O3/c1-24-14-6-4-5-13(11-14)17(22)18(23)20-15-7-2-3-8-16(15)21-10-9-19-12-21/h2-12,17,22H,1H3,(H,20,23). The molecular weight excluding hydrogens is 306 g/mol. The van der Waals surface area contributed by atoms with Gasteiger partial charge in [-0.2, -0.15) is 0 Å². The summed E-state index contributed by atoms with van der Waals surface area (Å²) in [7, 11) is 1.53. The van der Waals surface area contributed by atoms with Crippen molar-refractivity contribution in [3.8, 4) is 11.4 Å². The maximum atomic E-state index is 12.4. The second-order valence-corrected chi connectivity index (χ2v) is 5.16. The second kappa shape index (κ2) is 6.97. The molecule has 1 unspecified atom stereocenters. The Kier molecular flexibility index (Phi) is 4.58. The van der Waals surface area contributed by atoms with Crippen LogP contribution in [0.2, 0.25) is 0 Å². The van der Waals surface area contributed by atoms with Crippen molar-refractivity contribution >= 4 is 11.6 Å². The third-order valence-electron chi connectivity index (χ3n) is 3.60. The van der Waals surface area contributed by atoms with Crippen molar-refractivity contribution in [1.82, 2.24) is 9.55 Å². The highest BCUT2D eigenvalue weighted by Crippen LogP contribution is 2.23. The molecule has 1 atom stereocenters. The lowest BCUT2D eigenvalue weighted by molar-refractivity contribution is -0.124. The van der Waals surface area contributed by atoms with Crippen molar-refractivity contribution in [1.29, 1.82) is 0 Å².